The summed E-state index contributed by atoms with van der Waals surface area (Å²) in [6.07, 6.45) is 5.58. The molecule has 5 aliphatic rings. The average Bonchev–Trinajstić information content (AvgIpc) is 3.45. The quantitative estimate of drug-likeness (QED) is 0.511. The SMILES string of the molecule is CC1(C)CCC(CN2CC3CCC(C2)N3C(=O)c2ccc3c(c2)CN(C2CCC(=O)NC2=O)C3=O)=C(c2ccc(F)cc2)C1. The number of halogens is 1. The van der Waals surface area contributed by atoms with Gasteiger partial charge in [-0.1, -0.05) is 31.6 Å². The van der Waals surface area contributed by atoms with Crippen molar-refractivity contribution in [1.82, 2.24) is 20.0 Å². The van der Waals surface area contributed by atoms with Gasteiger partial charge < -0.3 is 9.80 Å². The van der Waals surface area contributed by atoms with Crippen molar-refractivity contribution in [1.29, 1.82) is 0 Å². The van der Waals surface area contributed by atoms with E-state index in [4.69, 9.17) is 0 Å². The topological polar surface area (TPSA) is 90.0 Å². The average molecular weight is 599 g/mol. The lowest BCUT2D eigenvalue weighted by Gasteiger charge is -2.43. The van der Waals surface area contributed by atoms with Crippen LogP contribution in [0.15, 0.2) is 48.0 Å². The Kier molecular flexibility index (Phi) is 7.19. The van der Waals surface area contributed by atoms with Crippen LogP contribution in [0.25, 0.3) is 5.57 Å². The lowest BCUT2D eigenvalue weighted by molar-refractivity contribution is -0.136. The zero-order valence-corrected chi connectivity index (χ0v) is 25.4. The summed E-state index contributed by atoms with van der Waals surface area (Å²) in [7, 11) is 0. The number of carbonyl (C=O) groups is 4. The molecule has 4 heterocycles. The lowest BCUT2D eigenvalue weighted by atomic mass is 9.72. The van der Waals surface area contributed by atoms with Crippen LogP contribution in [0.2, 0.25) is 0 Å². The maximum absolute atomic E-state index is 13.9. The molecule has 0 saturated carbocycles. The standard InChI is InChI=1S/C35H39FN4O4/c1-35(2)14-13-23(29(16-35)21-3-6-25(36)7-4-21)17-38-19-26-8-9-27(20-38)40(26)33(43)22-5-10-28-24(15-22)18-39(34(28)44)30-11-12-31(41)37-32(30)42/h3-7,10,15,26-27,30H,8-9,11-14,16-20H2,1-2H3,(H,37,41,42). The van der Waals surface area contributed by atoms with E-state index in [1.54, 1.807) is 24.3 Å². The number of amides is 4. The molecule has 1 N–H and O–H groups in total. The first kappa shape index (κ1) is 28.9. The molecular formula is C35H39FN4O4. The number of imide groups is 1. The lowest BCUT2D eigenvalue weighted by Crippen LogP contribution is -2.56. The number of carbonyl (C=O) groups excluding carboxylic acids is 4. The monoisotopic (exact) mass is 598 g/mol. The Morgan fingerprint density at radius 1 is 0.977 bits per heavy atom. The number of likely N-dealkylation sites (tertiary alicyclic amines) is 1. The van der Waals surface area contributed by atoms with E-state index in [1.807, 2.05) is 18.2 Å². The van der Waals surface area contributed by atoms with E-state index < -0.39 is 11.9 Å². The van der Waals surface area contributed by atoms with Gasteiger partial charge in [0, 0.05) is 55.8 Å². The number of benzene rings is 2. The summed E-state index contributed by atoms with van der Waals surface area (Å²) in [5, 5.41) is 2.34. The predicted molar refractivity (Wildman–Crippen MR) is 163 cm³/mol. The minimum Gasteiger partial charge on any atom is -0.330 e. The minimum absolute atomic E-state index is 0.00233. The Morgan fingerprint density at radius 2 is 1.70 bits per heavy atom. The van der Waals surface area contributed by atoms with E-state index in [1.165, 1.54) is 16.0 Å². The molecule has 0 radical (unpaired) electrons. The molecule has 3 atom stereocenters. The Hall–Kier alpha value is -3.85. The maximum Gasteiger partial charge on any atom is 0.255 e. The minimum atomic E-state index is -0.676. The third-order valence-electron chi connectivity index (χ3n) is 10.4. The van der Waals surface area contributed by atoms with E-state index in [0.717, 1.165) is 62.9 Å². The summed E-state index contributed by atoms with van der Waals surface area (Å²) in [6.45, 7) is 7.37. The van der Waals surface area contributed by atoms with Crippen molar-refractivity contribution in [3.8, 4) is 0 Å². The Labute approximate surface area is 257 Å². The van der Waals surface area contributed by atoms with Gasteiger partial charge in [-0.25, -0.2) is 4.39 Å². The van der Waals surface area contributed by atoms with Crippen LogP contribution in [0.4, 0.5) is 4.39 Å². The summed E-state index contributed by atoms with van der Waals surface area (Å²) in [5.41, 5.74) is 5.92. The maximum atomic E-state index is 13.9. The molecule has 230 valence electrons. The molecular weight excluding hydrogens is 559 g/mol. The van der Waals surface area contributed by atoms with Gasteiger partial charge in [-0.2, -0.15) is 0 Å². The van der Waals surface area contributed by atoms with Crippen LogP contribution in [0.5, 0.6) is 0 Å². The third-order valence-corrected chi connectivity index (χ3v) is 10.4. The number of nitrogens with one attached hydrogen (secondary N) is 1. The van der Waals surface area contributed by atoms with Crippen LogP contribution in [0.1, 0.15) is 90.6 Å². The summed E-state index contributed by atoms with van der Waals surface area (Å²) in [6, 6.07) is 11.8. The second-order valence-corrected chi connectivity index (χ2v) is 14.0. The van der Waals surface area contributed by atoms with Gasteiger partial charge in [-0.05, 0) is 91.0 Å². The van der Waals surface area contributed by atoms with Crippen molar-refractivity contribution >= 4 is 29.2 Å². The highest BCUT2D eigenvalue weighted by molar-refractivity contribution is 6.06. The molecule has 2 aromatic carbocycles. The van der Waals surface area contributed by atoms with Crippen molar-refractivity contribution in [2.45, 2.75) is 83.5 Å². The molecule has 0 aromatic heterocycles. The molecule has 44 heavy (non-hydrogen) atoms. The van der Waals surface area contributed by atoms with Gasteiger partial charge in [0.25, 0.3) is 11.8 Å². The molecule has 1 aliphatic carbocycles. The van der Waals surface area contributed by atoms with Crippen LogP contribution < -0.4 is 5.32 Å². The van der Waals surface area contributed by atoms with Gasteiger partial charge in [-0.3, -0.25) is 29.4 Å². The zero-order chi connectivity index (χ0) is 30.7. The van der Waals surface area contributed by atoms with Crippen LogP contribution in [-0.2, 0) is 16.1 Å². The highest BCUT2D eigenvalue weighted by Gasteiger charge is 2.44. The van der Waals surface area contributed by atoms with Gasteiger partial charge >= 0.3 is 0 Å². The molecule has 3 unspecified atom stereocenters. The number of fused-ring (bicyclic) bond motifs is 3. The first-order valence-electron chi connectivity index (χ1n) is 15.9. The molecule has 9 heteroatoms. The van der Waals surface area contributed by atoms with Gasteiger partial charge in [-0.15, -0.1) is 0 Å². The normalized spacial score (nSPS) is 26.7. The molecule has 3 fully saturated rings. The fourth-order valence-electron chi connectivity index (χ4n) is 8.04. The van der Waals surface area contributed by atoms with Crippen LogP contribution in [-0.4, -0.2) is 76.1 Å². The first-order chi connectivity index (χ1) is 21.1. The number of rotatable bonds is 5. The fourth-order valence-corrected chi connectivity index (χ4v) is 8.04. The Balaban J connectivity index is 1.06. The molecule has 0 spiro atoms. The van der Waals surface area contributed by atoms with Crippen molar-refractivity contribution in [3.05, 3.63) is 76.1 Å². The second kappa shape index (κ2) is 10.9. The van der Waals surface area contributed by atoms with E-state index in [-0.39, 0.29) is 54.0 Å². The van der Waals surface area contributed by atoms with E-state index in [2.05, 4.69) is 29.0 Å². The molecule has 7 rings (SSSR count). The number of hydrogen-bond donors (Lipinski definition) is 1. The van der Waals surface area contributed by atoms with Crippen LogP contribution >= 0.6 is 0 Å². The van der Waals surface area contributed by atoms with E-state index in [9.17, 15) is 23.6 Å². The molecule has 2 bridgehead atoms. The predicted octanol–water partition coefficient (Wildman–Crippen LogP) is 4.54. The van der Waals surface area contributed by atoms with Crippen LogP contribution in [0.3, 0.4) is 0 Å². The smallest absolute Gasteiger partial charge is 0.255 e. The van der Waals surface area contributed by atoms with E-state index >= 15 is 0 Å². The van der Waals surface area contributed by atoms with Crippen molar-refractivity contribution < 1.29 is 23.6 Å². The molecule has 4 amide bonds. The highest BCUT2D eigenvalue weighted by Crippen LogP contribution is 2.44. The van der Waals surface area contributed by atoms with Gasteiger partial charge in [0.2, 0.25) is 11.8 Å². The number of piperazine rings is 1. The highest BCUT2D eigenvalue weighted by atomic mass is 19.1. The van der Waals surface area contributed by atoms with Gasteiger partial charge in [0.1, 0.15) is 11.9 Å². The van der Waals surface area contributed by atoms with Gasteiger partial charge in [0.15, 0.2) is 0 Å². The third kappa shape index (κ3) is 5.25. The summed E-state index contributed by atoms with van der Waals surface area (Å²) >= 11 is 0. The summed E-state index contributed by atoms with van der Waals surface area (Å²) < 4.78 is 13.7. The number of piperidine rings is 1. The van der Waals surface area contributed by atoms with Gasteiger partial charge in [0.05, 0.1) is 0 Å². The van der Waals surface area contributed by atoms with Crippen molar-refractivity contribution in [2.75, 3.05) is 19.6 Å². The largest absolute Gasteiger partial charge is 0.330 e. The molecule has 8 nitrogen and oxygen atoms in total. The second-order valence-electron chi connectivity index (χ2n) is 14.0. The molecule has 4 aliphatic heterocycles. The van der Waals surface area contributed by atoms with Crippen molar-refractivity contribution in [2.24, 2.45) is 5.41 Å². The molecule has 3 saturated heterocycles. The number of hydrogen-bond acceptors (Lipinski definition) is 5. The summed E-state index contributed by atoms with van der Waals surface area (Å²) in [4.78, 5) is 57.1. The zero-order valence-electron chi connectivity index (χ0n) is 25.4. The number of nitrogens with zero attached hydrogens (tertiary/aromatic N) is 3. The molecule has 2 aromatic rings. The Morgan fingerprint density at radius 3 is 2.41 bits per heavy atom. The van der Waals surface area contributed by atoms with Crippen LogP contribution in [0, 0.1) is 11.2 Å². The van der Waals surface area contributed by atoms with Crippen molar-refractivity contribution in [3.63, 3.8) is 0 Å². The van der Waals surface area contributed by atoms with E-state index in [0.29, 0.717) is 17.5 Å². The first-order valence-corrected chi connectivity index (χ1v) is 15.9. The number of allylic oxidation sites excluding steroid dienone is 1. The fraction of sp³-hybridized carbons (Fsp3) is 0.486. The Bertz CT molecular complexity index is 1570. The summed E-state index contributed by atoms with van der Waals surface area (Å²) in [5.74, 6) is -1.21.